The first-order chi connectivity index (χ1) is 12.3. The monoisotopic (exact) mass is 326 g/mol. The Bertz CT molecular complexity index is 975. The molecule has 0 aliphatic heterocycles. The van der Waals surface area contributed by atoms with Crippen molar-refractivity contribution >= 4 is 0 Å². The van der Waals surface area contributed by atoms with E-state index in [9.17, 15) is 5.21 Å². The molecule has 4 rings (SSSR count). The van der Waals surface area contributed by atoms with Crippen molar-refractivity contribution < 1.29 is 4.73 Å². The Morgan fingerprint density at radius 2 is 1.48 bits per heavy atom. The van der Waals surface area contributed by atoms with Crippen LogP contribution in [0.1, 0.15) is 5.56 Å². The average molecular weight is 326 g/mol. The summed E-state index contributed by atoms with van der Waals surface area (Å²) in [5.41, 5.74) is 4.96. The summed E-state index contributed by atoms with van der Waals surface area (Å²) in [4.78, 5) is 0. The van der Waals surface area contributed by atoms with E-state index in [4.69, 9.17) is 0 Å². The highest BCUT2D eigenvalue weighted by Crippen LogP contribution is 2.24. The van der Waals surface area contributed by atoms with Gasteiger partial charge in [0.15, 0.2) is 6.20 Å². The van der Waals surface area contributed by atoms with E-state index >= 15 is 0 Å². The maximum absolute atomic E-state index is 12.3. The van der Waals surface area contributed by atoms with Gasteiger partial charge in [-0.2, -0.15) is 4.73 Å². The maximum atomic E-state index is 12.3. The Labute approximate surface area is 147 Å². The minimum atomic E-state index is 0.660. The number of benzene rings is 2. The smallest absolute Gasteiger partial charge is 0.225 e. The fraction of sp³-hybridized carbons (Fsp3) is 0.0455. The lowest BCUT2D eigenvalue weighted by Gasteiger charge is -2.06. The van der Waals surface area contributed by atoms with Gasteiger partial charge < -0.3 is 9.77 Å². The van der Waals surface area contributed by atoms with Crippen molar-refractivity contribution in [1.29, 1.82) is 0 Å². The molecule has 0 bridgehead atoms. The van der Waals surface area contributed by atoms with Gasteiger partial charge in [-0.1, -0.05) is 60.7 Å². The van der Waals surface area contributed by atoms with Crippen LogP contribution in [0.4, 0.5) is 0 Å². The molecule has 2 aromatic carbocycles. The first kappa shape index (κ1) is 15.2. The summed E-state index contributed by atoms with van der Waals surface area (Å²) in [5.74, 6) is 0. The standard InChI is InChI=1S/C22H18N2O/c25-24-14-12-20(19-9-5-2-6-10-19)15-22(24)21-11-13-23(17-21)16-18-7-3-1-4-8-18/h1-15,17H,16H2. The van der Waals surface area contributed by atoms with Crippen LogP contribution >= 0.6 is 0 Å². The molecule has 122 valence electrons. The molecule has 0 saturated carbocycles. The van der Waals surface area contributed by atoms with Crippen LogP contribution in [0.3, 0.4) is 0 Å². The summed E-state index contributed by atoms with van der Waals surface area (Å²) >= 11 is 0. The normalized spacial score (nSPS) is 10.7. The maximum Gasteiger partial charge on any atom is 0.225 e. The molecule has 0 saturated heterocycles. The van der Waals surface area contributed by atoms with Crippen molar-refractivity contribution in [1.82, 2.24) is 4.57 Å². The highest BCUT2D eigenvalue weighted by atomic mass is 16.5. The van der Waals surface area contributed by atoms with Gasteiger partial charge in [-0.05, 0) is 22.8 Å². The van der Waals surface area contributed by atoms with Crippen molar-refractivity contribution in [2.24, 2.45) is 0 Å². The lowest BCUT2D eigenvalue weighted by molar-refractivity contribution is -0.593. The highest BCUT2D eigenvalue weighted by Gasteiger charge is 2.12. The zero-order chi connectivity index (χ0) is 17.1. The molecule has 3 nitrogen and oxygen atoms in total. The number of hydrogen-bond donors (Lipinski definition) is 0. The van der Waals surface area contributed by atoms with Crippen LogP contribution in [0.25, 0.3) is 22.4 Å². The first-order valence-electron chi connectivity index (χ1n) is 8.28. The number of nitrogens with zero attached hydrogens (tertiary/aromatic N) is 2. The Kier molecular flexibility index (Phi) is 4.05. The Hall–Kier alpha value is -3.33. The number of pyridine rings is 1. The minimum absolute atomic E-state index is 0.660. The average Bonchev–Trinajstić information content (AvgIpc) is 3.12. The summed E-state index contributed by atoms with van der Waals surface area (Å²) in [6.45, 7) is 0.790. The van der Waals surface area contributed by atoms with E-state index in [0.717, 1.165) is 28.0 Å². The van der Waals surface area contributed by atoms with Gasteiger partial charge in [-0.3, -0.25) is 0 Å². The van der Waals surface area contributed by atoms with E-state index < -0.39 is 0 Å². The number of rotatable bonds is 4. The van der Waals surface area contributed by atoms with Gasteiger partial charge in [-0.25, -0.2) is 0 Å². The molecular weight excluding hydrogens is 308 g/mol. The minimum Gasteiger partial charge on any atom is -0.618 e. The van der Waals surface area contributed by atoms with E-state index in [2.05, 4.69) is 28.8 Å². The van der Waals surface area contributed by atoms with Crippen LogP contribution in [-0.4, -0.2) is 4.57 Å². The third-order valence-electron chi connectivity index (χ3n) is 4.28. The molecule has 4 aromatic rings. The van der Waals surface area contributed by atoms with Gasteiger partial charge in [0, 0.05) is 31.1 Å². The largest absolute Gasteiger partial charge is 0.618 e. The van der Waals surface area contributed by atoms with E-state index in [-0.39, 0.29) is 0 Å². The zero-order valence-corrected chi connectivity index (χ0v) is 13.7. The quantitative estimate of drug-likeness (QED) is 0.401. The van der Waals surface area contributed by atoms with E-state index in [1.165, 1.54) is 5.56 Å². The number of hydrogen-bond acceptors (Lipinski definition) is 1. The van der Waals surface area contributed by atoms with Crippen LogP contribution in [0.5, 0.6) is 0 Å². The summed E-state index contributed by atoms with van der Waals surface area (Å²) in [6.07, 6.45) is 5.61. The van der Waals surface area contributed by atoms with E-state index in [0.29, 0.717) is 5.69 Å². The second-order valence-corrected chi connectivity index (χ2v) is 6.05. The Morgan fingerprint density at radius 1 is 0.760 bits per heavy atom. The van der Waals surface area contributed by atoms with Gasteiger partial charge in [0.05, 0.1) is 5.56 Å². The molecule has 25 heavy (non-hydrogen) atoms. The second kappa shape index (κ2) is 6.65. The predicted molar refractivity (Wildman–Crippen MR) is 99.8 cm³/mol. The molecule has 0 N–H and O–H groups in total. The van der Waals surface area contributed by atoms with Gasteiger partial charge in [-0.15, -0.1) is 0 Å². The summed E-state index contributed by atoms with van der Waals surface area (Å²) in [6, 6.07) is 26.2. The Morgan fingerprint density at radius 3 is 2.24 bits per heavy atom. The first-order valence-corrected chi connectivity index (χ1v) is 8.28. The van der Waals surface area contributed by atoms with Gasteiger partial charge >= 0.3 is 0 Å². The fourth-order valence-electron chi connectivity index (χ4n) is 2.99. The fourth-order valence-corrected chi connectivity index (χ4v) is 2.99. The third kappa shape index (κ3) is 3.31. The molecule has 0 atom stereocenters. The molecule has 0 spiro atoms. The van der Waals surface area contributed by atoms with Crippen molar-refractivity contribution in [3.8, 4) is 22.4 Å². The van der Waals surface area contributed by atoms with E-state index in [1.54, 1.807) is 6.20 Å². The van der Waals surface area contributed by atoms with Crippen LogP contribution in [0.15, 0.2) is 97.5 Å². The summed E-state index contributed by atoms with van der Waals surface area (Å²) in [7, 11) is 0. The van der Waals surface area contributed by atoms with Crippen LogP contribution < -0.4 is 4.73 Å². The molecule has 2 heterocycles. The SMILES string of the molecule is [O-][n+]1ccc(-c2ccccc2)cc1-c1ccn(Cc2ccccc2)c1. The topological polar surface area (TPSA) is 31.9 Å². The summed E-state index contributed by atoms with van der Waals surface area (Å²) in [5, 5.41) is 12.3. The van der Waals surface area contributed by atoms with Crippen LogP contribution in [0.2, 0.25) is 0 Å². The second-order valence-electron chi connectivity index (χ2n) is 6.05. The van der Waals surface area contributed by atoms with Crippen molar-refractivity contribution in [2.45, 2.75) is 6.54 Å². The molecule has 0 aliphatic carbocycles. The van der Waals surface area contributed by atoms with Crippen LogP contribution in [-0.2, 0) is 6.54 Å². The molecule has 0 aliphatic rings. The van der Waals surface area contributed by atoms with Crippen LogP contribution in [0, 0.1) is 5.21 Å². The molecular formula is C22H18N2O. The third-order valence-corrected chi connectivity index (χ3v) is 4.28. The van der Waals surface area contributed by atoms with Crippen molar-refractivity contribution in [3.05, 3.63) is 108 Å². The lowest BCUT2D eigenvalue weighted by Crippen LogP contribution is -2.28. The predicted octanol–water partition coefficient (Wildman–Crippen LogP) is 4.50. The van der Waals surface area contributed by atoms with Crippen molar-refractivity contribution in [2.75, 3.05) is 0 Å². The van der Waals surface area contributed by atoms with Gasteiger partial charge in [0.1, 0.15) is 0 Å². The Balaban J connectivity index is 1.66. The zero-order valence-electron chi connectivity index (χ0n) is 13.7. The molecule has 2 aromatic heterocycles. The van der Waals surface area contributed by atoms with Gasteiger partial charge in [0.25, 0.3) is 0 Å². The molecule has 0 amide bonds. The molecule has 3 heteroatoms. The van der Waals surface area contributed by atoms with Crippen molar-refractivity contribution in [3.63, 3.8) is 0 Å². The molecule has 0 fully saturated rings. The summed E-state index contributed by atoms with van der Waals surface area (Å²) < 4.78 is 3.02. The lowest BCUT2D eigenvalue weighted by atomic mass is 10.0. The molecule has 0 unspecified atom stereocenters. The highest BCUT2D eigenvalue weighted by molar-refractivity contribution is 5.68. The number of aromatic nitrogens is 2. The van der Waals surface area contributed by atoms with E-state index in [1.807, 2.05) is 67.0 Å². The molecule has 0 radical (unpaired) electrons. The van der Waals surface area contributed by atoms with Gasteiger partial charge in [0.2, 0.25) is 5.69 Å².